The molecule has 150 valence electrons. The van der Waals surface area contributed by atoms with E-state index >= 15 is 0 Å². The number of rotatable bonds is 9. The first-order valence-electron chi connectivity index (χ1n) is 10.6. The van der Waals surface area contributed by atoms with Crippen molar-refractivity contribution in [3.8, 4) is 0 Å². The predicted octanol–water partition coefficient (Wildman–Crippen LogP) is 5.63. The van der Waals surface area contributed by atoms with E-state index in [4.69, 9.17) is 0 Å². The lowest BCUT2D eigenvalue weighted by Crippen LogP contribution is -2.27. The smallest absolute Gasteiger partial charge is 0.224 e. The van der Waals surface area contributed by atoms with E-state index < -0.39 is 0 Å². The maximum absolute atomic E-state index is 12.3. The Morgan fingerprint density at radius 2 is 1.52 bits per heavy atom. The summed E-state index contributed by atoms with van der Waals surface area (Å²) in [6.07, 6.45) is 3.46. The molecular formula is C27H31NO. The molecule has 1 unspecified atom stereocenters. The second-order valence-electron chi connectivity index (χ2n) is 7.74. The number of carbonyl (C=O) groups is 1. The van der Waals surface area contributed by atoms with Crippen molar-refractivity contribution in [1.82, 2.24) is 5.32 Å². The van der Waals surface area contributed by atoms with Crippen LogP contribution in [0, 0.1) is 6.92 Å². The van der Waals surface area contributed by atoms with E-state index in [9.17, 15) is 4.79 Å². The van der Waals surface area contributed by atoms with Gasteiger partial charge in [0.05, 0.1) is 6.42 Å². The Balaban J connectivity index is 1.48. The van der Waals surface area contributed by atoms with Crippen LogP contribution >= 0.6 is 0 Å². The number of carbonyl (C=O) groups excluding carboxylic acids is 1. The van der Waals surface area contributed by atoms with Gasteiger partial charge in [0.15, 0.2) is 0 Å². The van der Waals surface area contributed by atoms with Crippen LogP contribution in [0.3, 0.4) is 0 Å². The Labute approximate surface area is 175 Å². The third-order valence-electron chi connectivity index (χ3n) is 5.61. The molecule has 2 heteroatoms. The summed E-state index contributed by atoms with van der Waals surface area (Å²) >= 11 is 0. The van der Waals surface area contributed by atoms with Crippen molar-refractivity contribution in [3.05, 3.63) is 107 Å². The topological polar surface area (TPSA) is 29.1 Å². The van der Waals surface area contributed by atoms with E-state index in [0.29, 0.717) is 18.9 Å². The van der Waals surface area contributed by atoms with Crippen LogP contribution in [0.4, 0.5) is 0 Å². The van der Waals surface area contributed by atoms with E-state index in [-0.39, 0.29) is 5.91 Å². The van der Waals surface area contributed by atoms with Crippen molar-refractivity contribution < 1.29 is 4.79 Å². The van der Waals surface area contributed by atoms with Crippen molar-refractivity contribution in [2.75, 3.05) is 6.54 Å². The van der Waals surface area contributed by atoms with Gasteiger partial charge in [0, 0.05) is 6.54 Å². The highest BCUT2D eigenvalue weighted by atomic mass is 16.1. The fourth-order valence-corrected chi connectivity index (χ4v) is 3.78. The van der Waals surface area contributed by atoms with Gasteiger partial charge in [0.1, 0.15) is 0 Å². The molecular weight excluding hydrogens is 354 g/mol. The van der Waals surface area contributed by atoms with Gasteiger partial charge in [-0.1, -0.05) is 85.8 Å². The molecule has 3 aromatic carbocycles. The molecule has 2 nitrogen and oxygen atoms in total. The van der Waals surface area contributed by atoms with Crippen LogP contribution in [-0.2, 0) is 24.1 Å². The number of benzene rings is 3. The first-order valence-corrected chi connectivity index (χ1v) is 10.6. The van der Waals surface area contributed by atoms with Gasteiger partial charge < -0.3 is 5.32 Å². The molecule has 1 amide bonds. The summed E-state index contributed by atoms with van der Waals surface area (Å²) in [6, 6.07) is 27.6. The predicted molar refractivity (Wildman–Crippen MR) is 121 cm³/mol. The Morgan fingerprint density at radius 3 is 2.21 bits per heavy atom. The second-order valence-corrected chi connectivity index (χ2v) is 7.74. The summed E-state index contributed by atoms with van der Waals surface area (Å²) in [7, 11) is 0. The molecule has 0 heterocycles. The standard InChI is InChI=1S/C27H31NO/c1-3-24(26-11-5-4-6-12-26)19-22-13-15-23(16-14-22)20-27(29)28-18-17-25-10-8-7-9-21(25)2/h4-16,24H,3,17-20H2,1-2H3,(H,28,29). The summed E-state index contributed by atoms with van der Waals surface area (Å²) in [4.78, 5) is 12.3. The number of hydrogen-bond acceptors (Lipinski definition) is 1. The monoisotopic (exact) mass is 385 g/mol. The van der Waals surface area contributed by atoms with Gasteiger partial charge in [0.2, 0.25) is 5.91 Å². The summed E-state index contributed by atoms with van der Waals surface area (Å²) in [5, 5.41) is 3.05. The zero-order valence-corrected chi connectivity index (χ0v) is 17.5. The Hall–Kier alpha value is -2.87. The quantitative estimate of drug-likeness (QED) is 0.508. The third kappa shape index (κ3) is 6.32. The summed E-state index contributed by atoms with van der Waals surface area (Å²) in [5.41, 5.74) is 6.35. The third-order valence-corrected chi connectivity index (χ3v) is 5.61. The molecule has 3 aromatic rings. The molecule has 0 fully saturated rings. The molecule has 0 aliphatic heterocycles. The maximum Gasteiger partial charge on any atom is 0.224 e. The fourth-order valence-electron chi connectivity index (χ4n) is 3.78. The van der Waals surface area contributed by atoms with Crippen LogP contribution in [0.2, 0.25) is 0 Å². The van der Waals surface area contributed by atoms with Crippen molar-refractivity contribution >= 4 is 5.91 Å². The minimum atomic E-state index is 0.0852. The lowest BCUT2D eigenvalue weighted by Gasteiger charge is -2.15. The van der Waals surface area contributed by atoms with Crippen LogP contribution in [0.25, 0.3) is 0 Å². The first kappa shape index (κ1) is 20.9. The highest BCUT2D eigenvalue weighted by molar-refractivity contribution is 5.78. The number of nitrogens with one attached hydrogen (secondary N) is 1. The molecule has 0 saturated carbocycles. The van der Waals surface area contributed by atoms with Crippen LogP contribution in [0.1, 0.15) is 47.1 Å². The van der Waals surface area contributed by atoms with Gasteiger partial charge in [-0.2, -0.15) is 0 Å². The van der Waals surface area contributed by atoms with Gasteiger partial charge in [-0.05, 0) is 59.9 Å². The van der Waals surface area contributed by atoms with Crippen LogP contribution in [0.15, 0.2) is 78.9 Å². The summed E-state index contributed by atoms with van der Waals surface area (Å²) in [6.45, 7) is 5.03. The molecule has 0 bridgehead atoms. The average Bonchev–Trinajstić information content (AvgIpc) is 2.75. The van der Waals surface area contributed by atoms with E-state index in [1.54, 1.807) is 0 Å². The number of amides is 1. The molecule has 1 N–H and O–H groups in total. The van der Waals surface area contributed by atoms with E-state index in [1.165, 1.54) is 22.3 Å². The van der Waals surface area contributed by atoms with Crippen LogP contribution < -0.4 is 5.32 Å². The SMILES string of the molecule is CCC(Cc1ccc(CC(=O)NCCc2ccccc2C)cc1)c1ccccc1. The van der Waals surface area contributed by atoms with Crippen molar-refractivity contribution in [2.24, 2.45) is 0 Å². The molecule has 3 rings (SSSR count). The Bertz CT molecular complexity index is 899. The molecule has 29 heavy (non-hydrogen) atoms. The van der Waals surface area contributed by atoms with Gasteiger partial charge in [-0.15, -0.1) is 0 Å². The molecule has 0 radical (unpaired) electrons. The molecule has 0 aliphatic rings. The van der Waals surface area contributed by atoms with Crippen molar-refractivity contribution in [1.29, 1.82) is 0 Å². The molecule has 1 atom stereocenters. The average molecular weight is 386 g/mol. The minimum absolute atomic E-state index is 0.0852. The Kier molecular flexibility index (Phi) is 7.63. The van der Waals surface area contributed by atoms with E-state index in [1.807, 2.05) is 12.1 Å². The van der Waals surface area contributed by atoms with Gasteiger partial charge in [0.25, 0.3) is 0 Å². The highest BCUT2D eigenvalue weighted by Gasteiger charge is 2.10. The number of hydrogen-bond donors (Lipinski definition) is 1. The highest BCUT2D eigenvalue weighted by Crippen LogP contribution is 2.24. The first-order chi connectivity index (χ1) is 14.2. The zero-order chi connectivity index (χ0) is 20.5. The summed E-state index contributed by atoms with van der Waals surface area (Å²) in [5.74, 6) is 0.619. The minimum Gasteiger partial charge on any atom is -0.355 e. The molecule has 0 saturated heterocycles. The van der Waals surface area contributed by atoms with Gasteiger partial charge in [-0.25, -0.2) is 0 Å². The van der Waals surface area contributed by atoms with E-state index in [2.05, 4.69) is 85.9 Å². The molecule has 0 aromatic heterocycles. The van der Waals surface area contributed by atoms with Crippen molar-refractivity contribution in [3.63, 3.8) is 0 Å². The molecule has 0 spiro atoms. The zero-order valence-electron chi connectivity index (χ0n) is 17.5. The van der Waals surface area contributed by atoms with Gasteiger partial charge in [-0.3, -0.25) is 4.79 Å². The largest absolute Gasteiger partial charge is 0.355 e. The normalized spacial score (nSPS) is 11.8. The lowest BCUT2D eigenvalue weighted by molar-refractivity contribution is -0.120. The van der Waals surface area contributed by atoms with Gasteiger partial charge >= 0.3 is 0 Å². The fraction of sp³-hybridized carbons (Fsp3) is 0.296. The van der Waals surface area contributed by atoms with Crippen molar-refractivity contribution in [2.45, 2.75) is 45.4 Å². The Morgan fingerprint density at radius 1 is 0.862 bits per heavy atom. The maximum atomic E-state index is 12.3. The van der Waals surface area contributed by atoms with Crippen LogP contribution in [-0.4, -0.2) is 12.5 Å². The lowest BCUT2D eigenvalue weighted by atomic mass is 9.89. The van der Waals surface area contributed by atoms with Crippen LogP contribution in [0.5, 0.6) is 0 Å². The molecule has 0 aliphatic carbocycles. The van der Waals surface area contributed by atoms with E-state index in [0.717, 1.165) is 24.8 Å². The number of aryl methyl sites for hydroxylation is 1. The summed E-state index contributed by atoms with van der Waals surface area (Å²) < 4.78 is 0. The second kappa shape index (κ2) is 10.6.